The Hall–Kier alpha value is -3.52. The highest BCUT2D eigenvalue weighted by Gasteiger charge is 2.40. The van der Waals surface area contributed by atoms with Crippen LogP contribution in [0.15, 0.2) is 77.5 Å². The van der Waals surface area contributed by atoms with Crippen LogP contribution in [0.4, 0.5) is 17.1 Å². The third-order valence-corrected chi connectivity index (χ3v) is 6.01. The van der Waals surface area contributed by atoms with Gasteiger partial charge in [0.2, 0.25) is 0 Å². The molecule has 0 radical (unpaired) electrons. The predicted octanol–water partition coefficient (Wildman–Crippen LogP) is 5.69. The molecule has 0 aromatic heterocycles. The normalized spacial score (nSPS) is 13.4. The quantitative estimate of drug-likeness (QED) is 0.411. The van der Waals surface area contributed by atoms with Crippen LogP contribution < -0.4 is 20.3 Å². The van der Waals surface area contributed by atoms with E-state index >= 15 is 0 Å². The number of nitrogens with zero attached hydrogens (tertiary/aromatic N) is 1. The first kappa shape index (κ1) is 23.6. The van der Waals surface area contributed by atoms with Gasteiger partial charge in [-0.2, -0.15) is 0 Å². The van der Waals surface area contributed by atoms with E-state index in [-0.39, 0.29) is 16.4 Å². The first-order chi connectivity index (χ1) is 16.3. The molecular weight excluding hydrogens is 501 g/mol. The second-order valence-electron chi connectivity index (χ2n) is 7.10. The monoisotopic (exact) mass is 515 g/mol. The minimum atomic E-state index is -0.688. The summed E-state index contributed by atoms with van der Waals surface area (Å²) in [5, 5.41) is 5.98. The maximum Gasteiger partial charge on any atom is 0.283 e. The van der Waals surface area contributed by atoms with Crippen LogP contribution >= 0.6 is 34.8 Å². The second kappa shape index (κ2) is 9.77. The minimum absolute atomic E-state index is 0.111. The van der Waals surface area contributed by atoms with E-state index in [9.17, 15) is 14.4 Å². The summed E-state index contributed by atoms with van der Waals surface area (Å²) in [6.07, 6.45) is 0. The molecule has 34 heavy (non-hydrogen) atoms. The van der Waals surface area contributed by atoms with Gasteiger partial charge in [0.1, 0.15) is 16.5 Å². The van der Waals surface area contributed by atoms with Gasteiger partial charge < -0.3 is 15.4 Å². The summed E-state index contributed by atoms with van der Waals surface area (Å²) < 4.78 is 5.26. The van der Waals surface area contributed by atoms with Crippen molar-refractivity contribution in [2.45, 2.75) is 0 Å². The first-order valence-corrected chi connectivity index (χ1v) is 11.0. The van der Waals surface area contributed by atoms with E-state index in [0.717, 1.165) is 4.90 Å². The van der Waals surface area contributed by atoms with Gasteiger partial charge in [0, 0.05) is 16.9 Å². The van der Waals surface area contributed by atoms with Crippen molar-refractivity contribution in [1.82, 2.24) is 0 Å². The van der Waals surface area contributed by atoms with Gasteiger partial charge >= 0.3 is 0 Å². The molecule has 0 bridgehead atoms. The third kappa shape index (κ3) is 4.59. The van der Waals surface area contributed by atoms with E-state index in [1.54, 1.807) is 54.6 Å². The number of imide groups is 1. The van der Waals surface area contributed by atoms with Crippen molar-refractivity contribution in [2.24, 2.45) is 0 Å². The highest BCUT2D eigenvalue weighted by atomic mass is 35.5. The summed E-state index contributed by atoms with van der Waals surface area (Å²) in [6, 6.07) is 17.7. The predicted molar refractivity (Wildman–Crippen MR) is 133 cm³/mol. The van der Waals surface area contributed by atoms with Crippen LogP contribution in [0.3, 0.4) is 0 Å². The Morgan fingerprint density at radius 1 is 0.853 bits per heavy atom. The molecule has 10 heteroatoms. The van der Waals surface area contributed by atoms with Gasteiger partial charge in [0.05, 0.1) is 22.8 Å². The lowest BCUT2D eigenvalue weighted by atomic mass is 10.1. The van der Waals surface area contributed by atoms with Crippen molar-refractivity contribution in [3.63, 3.8) is 0 Å². The van der Waals surface area contributed by atoms with Gasteiger partial charge in [-0.3, -0.25) is 14.4 Å². The molecule has 0 saturated carbocycles. The summed E-state index contributed by atoms with van der Waals surface area (Å²) in [5.74, 6) is -1.40. The maximum atomic E-state index is 13.1. The molecule has 172 valence electrons. The maximum absolute atomic E-state index is 13.1. The topological polar surface area (TPSA) is 87.7 Å². The fourth-order valence-corrected chi connectivity index (χ4v) is 3.82. The molecule has 3 aromatic rings. The Kier molecular flexibility index (Phi) is 6.79. The Balaban J connectivity index is 1.55. The molecule has 0 fully saturated rings. The number of hydrogen-bond acceptors (Lipinski definition) is 5. The van der Waals surface area contributed by atoms with Crippen molar-refractivity contribution in [3.05, 3.63) is 93.1 Å². The zero-order valence-electron chi connectivity index (χ0n) is 17.6. The number of methoxy groups -OCH3 is 1. The van der Waals surface area contributed by atoms with E-state index in [4.69, 9.17) is 39.5 Å². The molecule has 3 aromatic carbocycles. The molecule has 3 amide bonds. The Morgan fingerprint density at radius 2 is 1.62 bits per heavy atom. The van der Waals surface area contributed by atoms with E-state index < -0.39 is 17.7 Å². The number of anilines is 3. The average molecular weight is 517 g/mol. The number of halogens is 3. The highest BCUT2D eigenvalue weighted by molar-refractivity contribution is 6.53. The van der Waals surface area contributed by atoms with Crippen LogP contribution in [0.5, 0.6) is 5.75 Å². The molecule has 1 aliphatic heterocycles. The van der Waals surface area contributed by atoms with Crippen LogP contribution in [0.25, 0.3) is 0 Å². The first-order valence-electron chi connectivity index (χ1n) is 9.85. The molecule has 0 atom stereocenters. The largest absolute Gasteiger partial charge is 0.495 e. The lowest BCUT2D eigenvalue weighted by Gasteiger charge is -2.18. The van der Waals surface area contributed by atoms with Crippen molar-refractivity contribution in [1.29, 1.82) is 0 Å². The van der Waals surface area contributed by atoms with Gasteiger partial charge in [-0.25, -0.2) is 4.90 Å². The lowest BCUT2D eigenvalue weighted by molar-refractivity contribution is -0.120. The van der Waals surface area contributed by atoms with E-state index in [0.29, 0.717) is 32.7 Å². The molecule has 4 rings (SSSR count). The SMILES string of the molecule is COc1ccccc1N1C(=O)C(Cl)=C(Nc2cccc(C(=O)Nc3ccc(Cl)c(Cl)c3)c2)C1=O. The lowest BCUT2D eigenvalue weighted by Crippen LogP contribution is -2.32. The molecule has 1 aliphatic rings. The van der Waals surface area contributed by atoms with Gasteiger partial charge in [0.15, 0.2) is 0 Å². The molecule has 0 saturated heterocycles. The average Bonchev–Trinajstić information content (AvgIpc) is 3.04. The molecule has 2 N–H and O–H groups in total. The summed E-state index contributed by atoms with van der Waals surface area (Å²) in [5.41, 5.74) is 1.31. The number of ether oxygens (including phenoxy) is 1. The Bertz CT molecular complexity index is 1360. The summed E-state index contributed by atoms with van der Waals surface area (Å²) in [6.45, 7) is 0. The third-order valence-electron chi connectivity index (χ3n) is 4.92. The number of rotatable bonds is 6. The van der Waals surface area contributed by atoms with Crippen molar-refractivity contribution in [2.75, 3.05) is 22.6 Å². The Morgan fingerprint density at radius 3 is 2.35 bits per heavy atom. The number of amides is 3. The highest BCUT2D eigenvalue weighted by Crippen LogP contribution is 2.35. The number of nitrogens with one attached hydrogen (secondary N) is 2. The van der Waals surface area contributed by atoms with Gasteiger partial charge in [-0.05, 0) is 48.5 Å². The number of para-hydroxylation sites is 2. The summed E-state index contributed by atoms with van der Waals surface area (Å²) >= 11 is 18.1. The van der Waals surface area contributed by atoms with Gasteiger partial charge in [0.25, 0.3) is 17.7 Å². The van der Waals surface area contributed by atoms with Crippen LogP contribution in [0.1, 0.15) is 10.4 Å². The molecule has 0 spiro atoms. The molecule has 1 heterocycles. The van der Waals surface area contributed by atoms with Gasteiger partial charge in [-0.15, -0.1) is 0 Å². The fourth-order valence-electron chi connectivity index (χ4n) is 3.30. The second-order valence-corrected chi connectivity index (χ2v) is 8.29. The number of carbonyl (C=O) groups is 3. The fraction of sp³-hybridized carbons (Fsp3) is 0.0417. The van der Waals surface area contributed by atoms with E-state index in [1.807, 2.05) is 0 Å². The van der Waals surface area contributed by atoms with Crippen molar-refractivity contribution < 1.29 is 19.1 Å². The minimum Gasteiger partial charge on any atom is -0.495 e. The molecule has 0 unspecified atom stereocenters. The number of benzene rings is 3. The van der Waals surface area contributed by atoms with Crippen LogP contribution in [-0.4, -0.2) is 24.8 Å². The zero-order chi connectivity index (χ0) is 24.4. The van der Waals surface area contributed by atoms with E-state index in [2.05, 4.69) is 10.6 Å². The van der Waals surface area contributed by atoms with Crippen LogP contribution in [0.2, 0.25) is 10.0 Å². The van der Waals surface area contributed by atoms with Crippen LogP contribution in [-0.2, 0) is 9.59 Å². The zero-order valence-corrected chi connectivity index (χ0v) is 19.8. The van der Waals surface area contributed by atoms with Gasteiger partial charge in [-0.1, -0.05) is 53.0 Å². The van der Waals surface area contributed by atoms with Crippen molar-refractivity contribution in [3.8, 4) is 5.75 Å². The number of carbonyl (C=O) groups excluding carboxylic acids is 3. The van der Waals surface area contributed by atoms with Crippen LogP contribution in [0, 0.1) is 0 Å². The number of hydrogen-bond donors (Lipinski definition) is 2. The molecule has 0 aliphatic carbocycles. The summed E-state index contributed by atoms with van der Waals surface area (Å²) in [7, 11) is 1.44. The van der Waals surface area contributed by atoms with E-state index in [1.165, 1.54) is 19.2 Å². The smallest absolute Gasteiger partial charge is 0.283 e. The summed E-state index contributed by atoms with van der Waals surface area (Å²) in [4.78, 5) is 39.4. The van der Waals surface area contributed by atoms with Crippen molar-refractivity contribution >= 4 is 69.6 Å². The molecule has 7 nitrogen and oxygen atoms in total. The molecular formula is C24H16Cl3N3O4. The Labute approximate surface area is 209 Å². The standard InChI is InChI=1S/C24H16Cl3N3O4/c1-34-19-8-3-2-7-18(19)30-23(32)20(27)21(24(30)33)28-14-6-4-5-13(11-14)22(31)29-15-9-10-16(25)17(26)12-15/h2-12,28H,1H3,(H,29,31).